The van der Waals surface area contributed by atoms with Gasteiger partial charge in [0.2, 0.25) is 0 Å². The average molecular weight is 524 g/mol. The minimum absolute atomic E-state index is 0.00420. The Kier molecular flexibility index (Phi) is 7.87. The van der Waals surface area contributed by atoms with Crippen molar-refractivity contribution in [2.45, 2.75) is 25.4 Å². The first kappa shape index (κ1) is 26.0. The fourth-order valence-electron chi connectivity index (χ4n) is 5.00. The summed E-state index contributed by atoms with van der Waals surface area (Å²) in [4.78, 5) is 24.1. The molecule has 1 saturated heterocycles. The van der Waals surface area contributed by atoms with E-state index in [1.165, 1.54) is 6.07 Å². The number of carbonyl (C=O) groups excluding carboxylic acids is 1. The van der Waals surface area contributed by atoms with Crippen LogP contribution >= 0.6 is 0 Å². The smallest absolute Gasteiger partial charge is 0.311 e. The van der Waals surface area contributed by atoms with Gasteiger partial charge in [0.25, 0.3) is 0 Å². The van der Waals surface area contributed by atoms with Gasteiger partial charge in [-0.2, -0.15) is 0 Å². The van der Waals surface area contributed by atoms with Crippen LogP contribution < -0.4 is 9.47 Å². The van der Waals surface area contributed by atoms with E-state index < -0.39 is 10.8 Å². The fourth-order valence-corrected chi connectivity index (χ4v) is 5.00. The van der Waals surface area contributed by atoms with Crippen LogP contribution in [-0.4, -0.2) is 24.6 Å². The maximum Gasteiger partial charge on any atom is 0.311 e. The molecule has 2 atom stereocenters. The van der Waals surface area contributed by atoms with Crippen LogP contribution in [0.1, 0.15) is 29.0 Å². The monoisotopic (exact) mass is 523 g/mol. The zero-order valence-electron chi connectivity index (χ0n) is 21.6. The third-order valence-electron chi connectivity index (χ3n) is 7.05. The SMILES string of the molecule is COc1ccc([C@H]2COC(=O)C(Cc3ccc(OCc4ccccc4)c([N+](=O)[O-])c3)C2)cc1-c1ccccc1. The van der Waals surface area contributed by atoms with Crippen molar-refractivity contribution < 1.29 is 23.9 Å². The van der Waals surface area contributed by atoms with Crippen molar-refractivity contribution in [1.82, 2.24) is 0 Å². The summed E-state index contributed by atoms with van der Waals surface area (Å²) in [7, 11) is 1.65. The van der Waals surface area contributed by atoms with Gasteiger partial charge in [-0.05, 0) is 53.3 Å². The third kappa shape index (κ3) is 6.09. The lowest BCUT2D eigenvalue weighted by atomic mass is 9.83. The number of nitro benzene ring substituents is 1. The summed E-state index contributed by atoms with van der Waals surface area (Å²) in [5.41, 5.74) is 4.57. The molecule has 39 heavy (non-hydrogen) atoms. The largest absolute Gasteiger partial charge is 0.496 e. The van der Waals surface area contributed by atoms with Crippen LogP contribution in [0.5, 0.6) is 11.5 Å². The van der Waals surface area contributed by atoms with Gasteiger partial charge in [-0.3, -0.25) is 14.9 Å². The van der Waals surface area contributed by atoms with E-state index in [9.17, 15) is 14.9 Å². The van der Waals surface area contributed by atoms with E-state index in [4.69, 9.17) is 14.2 Å². The van der Waals surface area contributed by atoms with Crippen molar-refractivity contribution in [2.24, 2.45) is 5.92 Å². The van der Waals surface area contributed by atoms with E-state index in [2.05, 4.69) is 6.07 Å². The lowest BCUT2D eigenvalue weighted by Gasteiger charge is -2.29. The molecule has 5 rings (SSSR count). The van der Waals surface area contributed by atoms with Gasteiger partial charge in [-0.15, -0.1) is 0 Å². The zero-order valence-corrected chi connectivity index (χ0v) is 21.6. The third-order valence-corrected chi connectivity index (χ3v) is 7.05. The van der Waals surface area contributed by atoms with E-state index in [1.807, 2.05) is 72.8 Å². The number of hydrogen-bond acceptors (Lipinski definition) is 6. The second-order valence-corrected chi connectivity index (χ2v) is 9.62. The quantitative estimate of drug-likeness (QED) is 0.137. The number of nitro groups is 1. The van der Waals surface area contributed by atoms with E-state index in [0.29, 0.717) is 25.0 Å². The Hall–Kier alpha value is -4.65. The molecule has 7 nitrogen and oxygen atoms in total. The molecule has 0 aliphatic carbocycles. The summed E-state index contributed by atoms with van der Waals surface area (Å²) >= 11 is 0. The predicted molar refractivity (Wildman–Crippen MR) is 148 cm³/mol. The molecule has 7 heteroatoms. The number of rotatable bonds is 9. The molecule has 0 radical (unpaired) electrons. The van der Waals surface area contributed by atoms with Crippen LogP contribution in [-0.2, 0) is 22.6 Å². The summed E-state index contributed by atoms with van der Waals surface area (Å²) < 4.78 is 16.9. The molecule has 198 valence electrons. The van der Waals surface area contributed by atoms with Gasteiger partial charge in [-0.25, -0.2) is 0 Å². The van der Waals surface area contributed by atoms with Crippen molar-refractivity contribution in [3.05, 3.63) is 124 Å². The number of benzene rings is 4. The van der Waals surface area contributed by atoms with Gasteiger partial charge >= 0.3 is 11.7 Å². The first-order chi connectivity index (χ1) is 19.0. The first-order valence-electron chi connectivity index (χ1n) is 12.9. The molecule has 0 N–H and O–H groups in total. The van der Waals surface area contributed by atoms with Crippen molar-refractivity contribution in [3.63, 3.8) is 0 Å². The average Bonchev–Trinajstić information content (AvgIpc) is 2.98. The molecule has 0 amide bonds. The topological polar surface area (TPSA) is 87.9 Å². The highest BCUT2D eigenvalue weighted by Crippen LogP contribution is 2.38. The number of hydrogen-bond donors (Lipinski definition) is 0. The molecule has 1 aliphatic rings. The van der Waals surface area contributed by atoms with Crippen LogP contribution in [0.25, 0.3) is 11.1 Å². The van der Waals surface area contributed by atoms with Gasteiger partial charge in [-0.1, -0.05) is 72.8 Å². The van der Waals surface area contributed by atoms with Crippen molar-refractivity contribution >= 4 is 11.7 Å². The molecule has 0 bridgehead atoms. The number of cyclic esters (lactones) is 1. The summed E-state index contributed by atoms with van der Waals surface area (Å²) in [5, 5.41) is 11.8. The lowest BCUT2D eigenvalue weighted by Crippen LogP contribution is -2.31. The highest BCUT2D eigenvalue weighted by atomic mass is 16.6. The molecular formula is C32H29NO6. The summed E-state index contributed by atoms with van der Waals surface area (Å²) in [6.07, 6.45) is 0.927. The van der Waals surface area contributed by atoms with Crippen molar-refractivity contribution in [2.75, 3.05) is 13.7 Å². The number of nitrogens with zero attached hydrogens (tertiary/aromatic N) is 1. The first-order valence-corrected chi connectivity index (χ1v) is 12.9. The van der Waals surface area contributed by atoms with Crippen molar-refractivity contribution in [1.29, 1.82) is 0 Å². The fraction of sp³-hybridized carbons (Fsp3) is 0.219. The molecular weight excluding hydrogens is 494 g/mol. The molecule has 1 fully saturated rings. The van der Waals surface area contributed by atoms with Crippen molar-refractivity contribution in [3.8, 4) is 22.6 Å². The van der Waals surface area contributed by atoms with E-state index in [0.717, 1.165) is 28.0 Å². The molecule has 1 aliphatic heterocycles. The maximum absolute atomic E-state index is 12.7. The van der Waals surface area contributed by atoms with Crippen LogP contribution in [0.4, 0.5) is 5.69 Å². The summed E-state index contributed by atoms with van der Waals surface area (Å²) in [5.74, 6) is 0.279. The standard InChI is InChI=1S/C32H29NO6/c1-37-30-15-13-25(19-28(30)24-10-6-3-7-11-24)27-18-26(32(34)39-21-27)16-23-12-14-31(29(17-23)33(35)36)38-20-22-8-4-2-5-9-22/h2-15,17,19,26-27H,16,18,20-21H2,1H3/t26?,27-/m1/s1. The normalized spacial score (nSPS) is 16.8. The highest BCUT2D eigenvalue weighted by molar-refractivity contribution is 5.75. The minimum atomic E-state index is -0.450. The Morgan fingerprint density at radius 3 is 2.33 bits per heavy atom. The van der Waals surface area contributed by atoms with Gasteiger partial charge < -0.3 is 14.2 Å². The molecule has 0 saturated carbocycles. The van der Waals surface area contributed by atoms with Gasteiger partial charge in [0.15, 0.2) is 5.75 Å². The summed E-state index contributed by atoms with van der Waals surface area (Å²) in [6, 6.07) is 30.4. The Bertz CT molecular complexity index is 1450. The van der Waals surface area contributed by atoms with E-state index in [1.54, 1.807) is 19.2 Å². The molecule has 1 heterocycles. The zero-order chi connectivity index (χ0) is 27.2. The molecule has 0 aromatic heterocycles. The Labute approximate surface area is 227 Å². The molecule has 4 aromatic rings. The molecule has 1 unspecified atom stereocenters. The maximum atomic E-state index is 12.7. The second kappa shape index (κ2) is 11.8. The second-order valence-electron chi connectivity index (χ2n) is 9.62. The molecule has 4 aromatic carbocycles. The number of ether oxygens (including phenoxy) is 3. The predicted octanol–water partition coefficient (Wildman–Crippen LogP) is 6.74. The van der Waals surface area contributed by atoms with Crippen LogP contribution in [0.3, 0.4) is 0 Å². The summed E-state index contributed by atoms with van der Waals surface area (Å²) in [6.45, 7) is 0.521. The number of carbonyl (C=O) groups is 1. The lowest BCUT2D eigenvalue weighted by molar-refractivity contribution is -0.386. The van der Waals surface area contributed by atoms with Gasteiger partial charge in [0.05, 0.1) is 24.6 Å². The Balaban J connectivity index is 1.33. The number of esters is 1. The van der Waals surface area contributed by atoms with Gasteiger partial charge in [0.1, 0.15) is 12.4 Å². The van der Waals surface area contributed by atoms with Crippen LogP contribution in [0, 0.1) is 16.0 Å². The molecule has 0 spiro atoms. The van der Waals surface area contributed by atoms with E-state index in [-0.39, 0.29) is 29.9 Å². The Morgan fingerprint density at radius 2 is 1.62 bits per heavy atom. The van der Waals surface area contributed by atoms with Gasteiger partial charge in [0, 0.05) is 17.5 Å². The number of methoxy groups -OCH3 is 1. The highest BCUT2D eigenvalue weighted by Gasteiger charge is 2.32. The minimum Gasteiger partial charge on any atom is -0.496 e. The van der Waals surface area contributed by atoms with E-state index >= 15 is 0 Å². The Morgan fingerprint density at radius 1 is 0.897 bits per heavy atom. The van der Waals surface area contributed by atoms with Crippen LogP contribution in [0.15, 0.2) is 97.1 Å². The van der Waals surface area contributed by atoms with Crippen LogP contribution in [0.2, 0.25) is 0 Å².